The highest BCUT2D eigenvalue weighted by Gasteiger charge is 2.39. The Kier molecular flexibility index (Phi) is 5.49. The van der Waals surface area contributed by atoms with Crippen LogP contribution in [0.3, 0.4) is 0 Å². The lowest BCUT2D eigenvalue weighted by atomic mass is 10.1. The summed E-state index contributed by atoms with van der Waals surface area (Å²) in [6, 6.07) is 10.4. The fourth-order valence-corrected chi connectivity index (χ4v) is 3.44. The fraction of sp³-hybridized carbons (Fsp3) is 0.562. The Bertz CT molecular complexity index is 437. The molecule has 0 aromatic heterocycles. The van der Waals surface area contributed by atoms with E-state index in [1.165, 1.54) is 5.56 Å². The summed E-state index contributed by atoms with van der Waals surface area (Å²) in [4.78, 5) is 14.4. The van der Waals surface area contributed by atoms with Crippen LogP contribution in [0.15, 0.2) is 30.3 Å². The molecule has 1 amide bonds. The maximum absolute atomic E-state index is 12.4. The van der Waals surface area contributed by atoms with E-state index >= 15 is 0 Å². The summed E-state index contributed by atoms with van der Waals surface area (Å²) in [5.41, 5.74) is 1.17. The number of hydrogen-bond acceptors (Lipinski definition) is 3. The molecule has 20 heavy (non-hydrogen) atoms. The SMILES string of the molecule is CCSCCC(C)N1C(=O)C(C)NC1c1ccccc1. The molecule has 4 heteroatoms. The summed E-state index contributed by atoms with van der Waals surface area (Å²) in [6.07, 6.45) is 1.06. The molecule has 3 unspecified atom stereocenters. The van der Waals surface area contributed by atoms with Gasteiger partial charge in [-0.05, 0) is 37.3 Å². The predicted octanol–water partition coefficient (Wildman–Crippen LogP) is 3.04. The molecule has 1 aliphatic heterocycles. The summed E-state index contributed by atoms with van der Waals surface area (Å²) in [5.74, 6) is 2.46. The van der Waals surface area contributed by atoms with Crippen molar-refractivity contribution >= 4 is 17.7 Å². The number of thioether (sulfide) groups is 1. The minimum absolute atomic E-state index is 0.0142. The van der Waals surface area contributed by atoms with Gasteiger partial charge in [0.1, 0.15) is 6.17 Å². The van der Waals surface area contributed by atoms with Crippen molar-refractivity contribution < 1.29 is 4.79 Å². The molecule has 0 bridgehead atoms. The topological polar surface area (TPSA) is 32.3 Å². The van der Waals surface area contributed by atoms with Gasteiger partial charge in [0.25, 0.3) is 0 Å². The Morgan fingerprint density at radius 1 is 1.35 bits per heavy atom. The van der Waals surface area contributed by atoms with Crippen LogP contribution in [0.4, 0.5) is 0 Å². The van der Waals surface area contributed by atoms with Gasteiger partial charge in [-0.2, -0.15) is 11.8 Å². The molecule has 1 saturated heterocycles. The first-order valence-corrected chi connectivity index (χ1v) is 8.51. The van der Waals surface area contributed by atoms with E-state index in [-0.39, 0.29) is 24.2 Å². The second kappa shape index (κ2) is 7.14. The van der Waals surface area contributed by atoms with E-state index in [4.69, 9.17) is 0 Å². The average Bonchev–Trinajstić information content (AvgIpc) is 2.76. The highest BCUT2D eigenvalue weighted by Crippen LogP contribution is 2.28. The quantitative estimate of drug-likeness (QED) is 0.818. The zero-order valence-electron chi connectivity index (χ0n) is 12.5. The van der Waals surface area contributed by atoms with Crippen molar-refractivity contribution in [1.29, 1.82) is 0 Å². The molecule has 110 valence electrons. The first-order valence-electron chi connectivity index (χ1n) is 7.36. The maximum atomic E-state index is 12.4. The second-order valence-corrected chi connectivity index (χ2v) is 6.68. The molecule has 0 saturated carbocycles. The van der Waals surface area contributed by atoms with E-state index in [9.17, 15) is 4.79 Å². The molecule has 0 spiro atoms. The number of hydrogen-bond donors (Lipinski definition) is 1. The smallest absolute Gasteiger partial charge is 0.241 e. The van der Waals surface area contributed by atoms with Crippen LogP contribution in [0.5, 0.6) is 0 Å². The van der Waals surface area contributed by atoms with Crippen LogP contribution in [-0.2, 0) is 4.79 Å². The van der Waals surface area contributed by atoms with E-state index in [0.717, 1.165) is 17.9 Å². The number of nitrogens with zero attached hydrogens (tertiary/aromatic N) is 1. The molecule has 3 nitrogen and oxygen atoms in total. The van der Waals surface area contributed by atoms with Crippen molar-refractivity contribution in [3.63, 3.8) is 0 Å². The normalized spacial score (nSPS) is 24.1. The van der Waals surface area contributed by atoms with Gasteiger partial charge in [-0.3, -0.25) is 10.1 Å². The van der Waals surface area contributed by atoms with Gasteiger partial charge < -0.3 is 4.90 Å². The van der Waals surface area contributed by atoms with Gasteiger partial charge in [-0.25, -0.2) is 0 Å². The summed E-state index contributed by atoms with van der Waals surface area (Å²) < 4.78 is 0. The number of benzene rings is 1. The van der Waals surface area contributed by atoms with E-state index in [1.807, 2.05) is 41.8 Å². The maximum Gasteiger partial charge on any atom is 0.241 e. The Labute approximate surface area is 126 Å². The summed E-state index contributed by atoms with van der Waals surface area (Å²) in [6.45, 7) is 6.28. The molecule has 1 aromatic carbocycles. The van der Waals surface area contributed by atoms with Crippen molar-refractivity contribution in [3.8, 4) is 0 Å². The van der Waals surface area contributed by atoms with Crippen molar-refractivity contribution in [2.45, 2.75) is 45.4 Å². The molecular weight excluding hydrogens is 268 g/mol. The van der Waals surface area contributed by atoms with Gasteiger partial charge >= 0.3 is 0 Å². The summed E-state index contributed by atoms with van der Waals surface area (Å²) in [7, 11) is 0. The van der Waals surface area contributed by atoms with Crippen LogP contribution in [0, 0.1) is 0 Å². The van der Waals surface area contributed by atoms with E-state index in [0.29, 0.717) is 0 Å². The standard InChI is InChI=1S/C16H24N2OS/c1-4-20-11-10-12(2)18-15(17-13(3)16(18)19)14-8-6-5-7-9-14/h5-9,12-13,15,17H,4,10-11H2,1-3H3. The molecule has 3 atom stereocenters. The number of carbonyl (C=O) groups is 1. The third kappa shape index (κ3) is 3.36. The van der Waals surface area contributed by atoms with Crippen LogP contribution in [0.2, 0.25) is 0 Å². The van der Waals surface area contributed by atoms with Crippen LogP contribution in [-0.4, -0.2) is 34.4 Å². The minimum Gasteiger partial charge on any atom is -0.319 e. The molecule has 0 aliphatic carbocycles. The van der Waals surface area contributed by atoms with Crippen molar-refractivity contribution in [3.05, 3.63) is 35.9 Å². The van der Waals surface area contributed by atoms with Crippen LogP contribution in [0.25, 0.3) is 0 Å². The van der Waals surface area contributed by atoms with Gasteiger partial charge in [0.05, 0.1) is 6.04 Å². The Hall–Kier alpha value is -1.00. The number of rotatable bonds is 6. The fourth-order valence-electron chi connectivity index (χ4n) is 2.64. The predicted molar refractivity (Wildman–Crippen MR) is 85.7 cm³/mol. The monoisotopic (exact) mass is 292 g/mol. The largest absolute Gasteiger partial charge is 0.319 e. The lowest BCUT2D eigenvalue weighted by Gasteiger charge is -2.30. The third-order valence-corrected chi connectivity index (χ3v) is 4.72. The van der Waals surface area contributed by atoms with Gasteiger partial charge in [-0.15, -0.1) is 0 Å². The first-order chi connectivity index (χ1) is 9.65. The first kappa shape index (κ1) is 15.4. The van der Waals surface area contributed by atoms with Crippen LogP contribution < -0.4 is 5.32 Å². The highest BCUT2D eigenvalue weighted by atomic mass is 32.2. The molecule has 1 aromatic rings. The molecular formula is C16H24N2OS. The Balaban J connectivity index is 2.12. The van der Waals surface area contributed by atoms with Gasteiger partial charge in [0.15, 0.2) is 0 Å². The van der Waals surface area contributed by atoms with Crippen LogP contribution in [0.1, 0.15) is 38.9 Å². The molecule has 1 fully saturated rings. The average molecular weight is 292 g/mol. The second-order valence-electron chi connectivity index (χ2n) is 5.28. The van der Waals surface area contributed by atoms with E-state index in [1.54, 1.807) is 0 Å². The van der Waals surface area contributed by atoms with Crippen molar-refractivity contribution in [2.24, 2.45) is 0 Å². The highest BCUT2D eigenvalue weighted by molar-refractivity contribution is 7.99. The molecule has 1 aliphatic rings. The lowest BCUT2D eigenvalue weighted by Crippen LogP contribution is -2.38. The van der Waals surface area contributed by atoms with Gasteiger partial charge in [0, 0.05) is 6.04 Å². The zero-order valence-corrected chi connectivity index (χ0v) is 13.3. The minimum atomic E-state index is -0.0958. The zero-order chi connectivity index (χ0) is 14.5. The number of nitrogens with one attached hydrogen (secondary N) is 1. The van der Waals surface area contributed by atoms with Crippen LogP contribution >= 0.6 is 11.8 Å². The Morgan fingerprint density at radius 3 is 2.70 bits per heavy atom. The molecule has 1 N–H and O–H groups in total. The number of carbonyl (C=O) groups excluding carboxylic acids is 1. The molecule has 0 radical (unpaired) electrons. The number of amides is 1. The van der Waals surface area contributed by atoms with E-state index in [2.05, 4.69) is 31.3 Å². The Morgan fingerprint density at radius 2 is 2.05 bits per heavy atom. The van der Waals surface area contributed by atoms with Gasteiger partial charge in [0.2, 0.25) is 5.91 Å². The lowest BCUT2D eigenvalue weighted by molar-refractivity contribution is -0.131. The van der Waals surface area contributed by atoms with Crippen molar-refractivity contribution in [2.75, 3.05) is 11.5 Å². The van der Waals surface area contributed by atoms with Gasteiger partial charge in [-0.1, -0.05) is 37.3 Å². The summed E-state index contributed by atoms with van der Waals surface area (Å²) in [5, 5.41) is 3.41. The van der Waals surface area contributed by atoms with E-state index < -0.39 is 0 Å². The summed E-state index contributed by atoms with van der Waals surface area (Å²) >= 11 is 1.94. The molecule has 2 rings (SSSR count). The molecule has 1 heterocycles. The third-order valence-electron chi connectivity index (χ3n) is 3.79. The van der Waals surface area contributed by atoms with Crippen molar-refractivity contribution in [1.82, 2.24) is 10.2 Å².